The molecule has 2 aromatic rings. The summed E-state index contributed by atoms with van der Waals surface area (Å²) in [6, 6.07) is 5.11. The van der Waals surface area contributed by atoms with Gasteiger partial charge in [0.1, 0.15) is 0 Å². The van der Waals surface area contributed by atoms with Crippen molar-refractivity contribution in [1.82, 2.24) is 4.98 Å². The lowest BCUT2D eigenvalue weighted by molar-refractivity contribution is 0.538. The number of aryl methyl sites for hydroxylation is 1. The fourth-order valence-corrected chi connectivity index (χ4v) is 1.99. The molecule has 1 heterocycles. The monoisotopic (exact) mass is 206 g/mol. The number of pyridine rings is 1. The molecule has 0 amide bonds. The lowest BCUT2D eigenvalue weighted by atomic mass is 10.1. The van der Waals surface area contributed by atoms with Crippen molar-refractivity contribution < 1.29 is 8.76 Å². The van der Waals surface area contributed by atoms with E-state index in [1.165, 1.54) is 0 Å². The van der Waals surface area contributed by atoms with E-state index in [1.54, 1.807) is 30.6 Å². The molecule has 0 aliphatic rings. The van der Waals surface area contributed by atoms with Gasteiger partial charge in [-0.25, -0.2) is 0 Å². The predicted octanol–water partition coefficient (Wildman–Crippen LogP) is 1.78. The molecule has 0 fully saturated rings. The second-order valence-corrected chi connectivity index (χ2v) is 3.95. The molecular formula is C10H8NO2S-. The fraction of sp³-hybridized carbons (Fsp3) is 0.100. The van der Waals surface area contributed by atoms with Gasteiger partial charge in [0.15, 0.2) is 0 Å². The van der Waals surface area contributed by atoms with Crippen LogP contribution in [0.1, 0.15) is 5.56 Å². The molecule has 4 heteroatoms. The minimum Gasteiger partial charge on any atom is -0.768 e. The van der Waals surface area contributed by atoms with E-state index in [-0.39, 0.29) is 0 Å². The van der Waals surface area contributed by atoms with Gasteiger partial charge < -0.3 is 4.55 Å². The van der Waals surface area contributed by atoms with Crippen molar-refractivity contribution in [3.63, 3.8) is 0 Å². The average molecular weight is 206 g/mol. The molecule has 14 heavy (non-hydrogen) atoms. The van der Waals surface area contributed by atoms with Crippen LogP contribution in [0.25, 0.3) is 10.8 Å². The normalized spacial score (nSPS) is 13.0. The number of rotatable bonds is 1. The summed E-state index contributed by atoms with van der Waals surface area (Å²) in [6.07, 6.45) is 3.28. The van der Waals surface area contributed by atoms with Gasteiger partial charge in [-0.1, -0.05) is 6.07 Å². The largest absolute Gasteiger partial charge is 0.768 e. The first-order chi connectivity index (χ1) is 6.70. The third kappa shape index (κ3) is 1.42. The molecule has 1 aromatic carbocycles. The molecule has 0 bridgehead atoms. The van der Waals surface area contributed by atoms with E-state index in [2.05, 4.69) is 4.98 Å². The summed E-state index contributed by atoms with van der Waals surface area (Å²) in [5.74, 6) is 0. The highest BCUT2D eigenvalue weighted by atomic mass is 32.2. The molecule has 0 saturated carbocycles. The Morgan fingerprint density at radius 2 is 2.07 bits per heavy atom. The van der Waals surface area contributed by atoms with Gasteiger partial charge >= 0.3 is 0 Å². The maximum Gasteiger partial charge on any atom is 0.0349 e. The summed E-state index contributed by atoms with van der Waals surface area (Å²) < 4.78 is 21.8. The summed E-state index contributed by atoms with van der Waals surface area (Å²) in [5.41, 5.74) is 1.03. The first kappa shape index (κ1) is 9.30. The van der Waals surface area contributed by atoms with Crippen molar-refractivity contribution in [2.75, 3.05) is 0 Å². The number of hydrogen-bond acceptors (Lipinski definition) is 3. The van der Waals surface area contributed by atoms with Crippen molar-refractivity contribution >= 4 is 21.9 Å². The van der Waals surface area contributed by atoms with E-state index >= 15 is 0 Å². The molecule has 1 unspecified atom stereocenters. The Bertz CT molecular complexity index is 510. The zero-order chi connectivity index (χ0) is 10.1. The van der Waals surface area contributed by atoms with Crippen molar-refractivity contribution in [3.05, 3.63) is 36.2 Å². The van der Waals surface area contributed by atoms with Crippen LogP contribution in [0, 0.1) is 6.92 Å². The van der Waals surface area contributed by atoms with Gasteiger partial charge in [-0.05, 0) is 41.1 Å². The molecule has 0 aliphatic carbocycles. The second-order valence-electron chi connectivity index (χ2n) is 3.04. The van der Waals surface area contributed by atoms with Gasteiger partial charge in [-0.15, -0.1) is 0 Å². The van der Waals surface area contributed by atoms with Gasteiger partial charge in [-0.3, -0.25) is 9.19 Å². The van der Waals surface area contributed by atoms with Gasteiger partial charge in [0.2, 0.25) is 0 Å². The molecule has 0 saturated heterocycles. The lowest BCUT2D eigenvalue weighted by Crippen LogP contribution is -1.92. The molecular weight excluding hydrogens is 198 g/mol. The molecule has 0 N–H and O–H groups in total. The molecule has 0 radical (unpaired) electrons. The predicted molar refractivity (Wildman–Crippen MR) is 53.7 cm³/mol. The third-order valence-corrected chi connectivity index (χ3v) is 2.89. The van der Waals surface area contributed by atoms with Crippen LogP contribution in [0.3, 0.4) is 0 Å². The van der Waals surface area contributed by atoms with Crippen LogP contribution < -0.4 is 0 Å². The SMILES string of the molecule is Cc1ccc(S(=O)[O-])c2ccncc12. The first-order valence-electron chi connectivity index (χ1n) is 4.13. The van der Waals surface area contributed by atoms with E-state index in [4.69, 9.17) is 0 Å². The molecule has 1 atom stereocenters. The maximum atomic E-state index is 10.9. The maximum absolute atomic E-state index is 10.9. The second kappa shape index (κ2) is 3.48. The van der Waals surface area contributed by atoms with E-state index in [1.807, 2.05) is 6.92 Å². The molecule has 72 valence electrons. The lowest BCUT2D eigenvalue weighted by Gasteiger charge is -2.10. The quantitative estimate of drug-likeness (QED) is 0.668. The molecule has 2 rings (SSSR count). The minimum atomic E-state index is -2.19. The van der Waals surface area contributed by atoms with Crippen molar-refractivity contribution in [3.8, 4) is 0 Å². The number of nitrogens with zero attached hydrogens (tertiary/aromatic N) is 1. The van der Waals surface area contributed by atoms with Crippen LogP contribution in [0.4, 0.5) is 0 Å². The number of aromatic nitrogens is 1. The highest BCUT2D eigenvalue weighted by Gasteiger charge is 2.02. The van der Waals surface area contributed by atoms with Gasteiger partial charge in [0, 0.05) is 22.7 Å². The van der Waals surface area contributed by atoms with Crippen LogP contribution in [0.2, 0.25) is 0 Å². The number of hydrogen-bond donors (Lipinski definition) is 0. The Labute approximate surface area is 84.1 Å². The highest BCUT2D eigenvalue weighted by Crippen LogP contribution is 2.23. The zero-order valence-electron chi connectivity index (χ0n) is 7.56. The van der Waals surface area contributed by atoms with Crippen LogP contribution in [-0.4, -0.2) is 13.7 Å². The smallest absolute Gasteiger partial charge is 0.0349 e. The number of benzene rings is 1. The van der Waals surface area contributed by atoms with Crippen LogP contribution in [-0.2, 0) is 11.1 Å². The topological polar surface area (TPSA) is 53.0 Å². The summed E-state index contributed by atoms with van der Waals surface area (Å²) in [7, 11) is 0. The van der Waals surface area contributed by atoms with Crippen molar-refractivity contribution in [2.24, 2.45) is 0 Å². The molecule has 0 aliphatic heterocycles. The highest BCUT2D eigenvalue weighted by molar-refractivity contribution is 7.79. The van der Waals surface area contributed by atoms with Gasteiger partial charge in [0.25, 0.3) is 0 Å². The van der Waals surface area contributed by atoms with Crippen LogP contribution in [0.5, 0.6) is 0 Å². The number of fused-ring (bicyclic) bond motifs is 1. The third-order valence-electron chi connectivity index (χ3n) is 2.18. The summed E-state index contributed by atoms with van der Waals surface area (Å²) >= 11 is -2.19. The van der Waals surface area contributed by atoms with Crippen molar-refractivity contribution in [1.29, 1.82) is 0 Å². The Morgan fingerprint density at radius 3 is 2.79 bits per heavy atom. The molecule has 3 nitrogen and oxygen atoms in total. The minimum absolute atomic E-state index is 0.327. The van der Waals surface area contributed by atoms with E-state index in [0.717, 1.165) is 16.3 Å². The average Bonchev–Trinajstić information content (AvgIpc) is 2.18. The van der Waals surface area contributed by atoms with Gasteiger partial charge in [0.05, 0.1) is 0 Å². The summed E-state index contributed by atoms with van der Waals surface area (Å²) in [6.45, 7) is 1.93. The van der Waals surface area contributed by atoms with E-state index in [9.17, 15) is 8.76 Å². The van der Waals surface area contributed by atoms with E-state index in [0.29, 0.717) is 4.90 Å². The summed E-state index contributed by atoms with van der Waals surface area (Å²) in [5, 5.41) is 1.61. The Kier molecular flexibility index (Phi) is 2.31. The Morgan fingerprint density at radius 1 is 1.29 bits per heavy atom. The van der Waals surface area contributed by atoms with Crippen LogP contribution in [0.15, 0.2) is 35.5 Å². The zero-order valence-corrected chi connectivity index (χ0v) is 8.38. The Balaban J connectivity index is 2.88. The van der Waals surface area contributed by atoms with Gasteiger partial charge in [-0.2, -0.15) is 0 Å². The van der Waals surface area contributed by atoms with E-state index < -0.39 is 11.1 Å². The van der Waals surface area contributed by atoms with Crippen molar-refractivity contribution in [2.45, 2.75) is 11.8 Å². The Hall–Kier alpha value is -1.26. The first-order valence-corrected chi connectivity index (χ1v) is 5.20. The summed E-state index contributed by atoms with van der Waals surface area (Å²) in [4.78, 5) is 4.30. The standard InChI is InChI=1S/C10H9NO2S/c1-7-2-3-10(14(12)13)8-4-5-11-6-9(7)8/h2-6H,1H3,(H,12,13)/p-1. The molecule has 1 aromatic heterocycles. The van der Waals surface area contributed by atoms with Crippen LogP contribution >= 0.6 is 0 Å². The fourth-order valence-electron chi connectivity index (χ4n) is 1.45. The molecule has 0 spiro atoms.